The van der Waals surface area contributed by atoms with Gasteiger partial charge in [-0.2, -0.15) is 0 Å². The van der Waals surface area contributed by atoms with Crippen LogP contribution in [0.25, 0.3) is 0 Å². The third-order valence-electron chi connectivity index (χ3n) is 10.0. The third-order valence-corrected chi connectivity index (χ3v) is 16.4. The maximum atomic E-state index is 10.3. The maximum absolute atomic E-state index is 10.3. The Labute approximate surface area is 388 Å². The molecule has 0 aromatic heterocycles. The minimum Gasteiger partial charge on any atom is -1.00 e. The predicted octanol–water partition coefficient (Wildman–Crippen LogP) is 5.55. The molecule has 0 unspecified atom stereocenters. The van der Waals surface area contributed by atoms with Crippen LogP contribution in [0.4, 0.5) is 0 Å². The molecule has 2 N–H and O–H groups in total. The van der Waals surface area contributed by atoms with Gasteiger partial charge in [0.1, 0.15) is 22.7 Å². The van der Waals surface area contributed by atoms with Crippen molar-refractivity contribution in [3.63, 3.8) is 0 Å². The molecule has 357 valence electrons. The van der Waals surface area contributed by atoms with E-state index in [4.69, 9.17) is 37.9 Å². The summed E-state index contributed by atoms with van der Waals surface area (Å²) in [7, 11) is 10.3. The number of nitrogens with zero attached hydrogens (tertiary/aromatic N) is 2. The Morgan fingerprint density at radius 3 is 0.833 bits per heavy atom. The van der Waals surface area contributed by atoms with Crippen LogP contribution in [0.5, 0.6) is 0 Å². The molecule has 16 heteroatoms. The molecule has 2 heterocycles. The van der Waals surface area contributed by atoms with Crippen LogP contribution in [-0.4, -0.2) is 177 Å². The Bertz CT molecular complexity index is 1070. The van der Waals surface area contributed by atoms with Crippen molar-refractivity contribution < 1.29 is 80.6 Å². The molecular weight excluding hydrogens is 913 g/mol. The van der Waals surface area contributed by atoms with E-state index in [0.717, 1.165) is 39.6 Å². The monoisotopic (exact) mass is 1000 g/mol. The zero-order valence-electron chi connectivity index (χ0n) is 40.1. The number of ether oxygens (including phenoxy) is 8. The van der Waals surface area contributed by atoms with E-state index < -0.39 is 22.4 Å². The molecule has 2 aliphatic rings. The van der Waals surface area contributed by atoms with E-state index in [1.165, 1.54) is 75.5 Å². The van der Waals surface area contributed by atoms with E-state index in [-0.39, 0.29) is 59.9 Å². The molecule has 2 aliphatic heterocycles. The average molecular weight is 1000 g/mol. The fourth-order valence-electron chi connectivity index (χ4n) is 7.11. The molecule has 60 heavy (non-hydrogen) atoms. The summed E-state index contributed by atoms with van der Waals surface area (Å²) in [6.07, 6.45) is 18.8. The summed E-state index contributed by atoms with van der Waals surface area (Å²) < 4.78 is 42.4. The minimum atomic E-state index is -0.701. The van der Waals surface area contributed by atoms with E-state index in [1.807, 2.05) is 55.4 Å². The van der Waals surface area contributed by atoms with Gasteiger partial charge in [-0.25, -0.2) is 0 Å². The van der Waals surface area contributed by atoms with E-state index in [2.05, 4.69) is 9.98 Å². The summed E-state index contributed by atoms with van der Waals surface area (Å²) in [4.78, 5) is 8.73. The standard InChI is InChI=1S/C20H32N2O4.2C12H27O3P.ClH.Tc/c1-17(2)13(15(23)19(5,6)25-17)11-21-9-10-22-12-14-16(24)20(7,8)26-18(14,3)4;2*1-13-7-4-10-16(11-5-8-14-2)12-6-9-15-3;;/h11-12,23-24H,9-10H2,1-8H3;2*4-12H2,1-3H3;1H;/p+1/i;;;;1+1. The van der Waals surface area contributed by atoms with Crippen molar-refractivity contribution in [2.75, 3.05) is 132 Å². The fourth-order valence-corrected chi connectivity index (χ4v) is 12.5. The molecule has 0 aliphatic carbocycles. The molecule has 0 amide bonds. The zero-order chi connectivity index (χ0) is 44.1. The molecule has 2 rings (SSSR count). The number of aliphatic imine (C=N–C) groups is 2. The van der Waals surface area contributed by atoms with Crippen molar-refractivity contribution in [2.45, 2.75) is 116 Å². The number of halogens is 1. The number of rotatable bonds is 29. The van der Waals surface area contributed by atoms with Crippen molar-refractivity contribution in [3.8, 4) is 0 Å². The van der Waals surface area contributed by atoms with E-state index in [9.17, 15) is 10.2 Å². The number of methoxy groups -OCH3 is 6. The summed E-state index contributed by atoms with van der Waals surface area (Å²) in [6.45, 7) is 21.4. The molecule has 1 radical (unpaired) electrons. The molecule has 0 atom stereocenters. The normalized spacial score (nSPS) is 17.5. The first kappa shape index (κ1) is 64.2. The van der Waals surface area contributed by atoms with Crippen molar-refractivity contribution in [1.82, 2.24) is 0 Å². The Morgan fingerprint density at radius 1 is 0.450 bits per heavy atom. The number of hydrogen-bond acceptors (Lipinski definition) is 12. The van der Waals surface area contributed by atoms with Gasteiger partial charge in [-0.1, -0.05) is 0 Å². The molecule has 0 spiro atoms. The van der Waals surface area contributed by atoms with Gasteiger partial charge in [0.05, 0.1) is 61.3 Å². The summed E-state index contributed by atoms with van der Waals surface area (Å²) in [5.41, 5.74) is -1.17. The van der Waals surface area contributed by atoms with Crippen molar-refractivity contribution in [2.24, 2.45) is 9.98 Å². The SMILES string of the molecule is CC1(C)OC(C)(C)C(C=NCCN=CC2=C(O)C(C)(C)OC2(C)C)=C1O.COCCC[PH+](CCCOC)CCCOC.COCCC[PH+](CCCOC)CCCOC.[99Tc].[Cl-]. The number of aliphatic hydroxyl groups is 2. The number of aliphatic hydroxyl groups excluding tert-OH is 2. The van der Waals surface area contributed by atoms with Crippen molar-refractivity contribution >= 4 is 28.3 Å². The first-order valence-electron chi connectivity index (χ1n) is 21.3. The molecule has 0 saturated heterocycles. The van der Waals surface area contributed by atoms with Crippen LogP contribution < -0.4 is 12.4 Å². The molecule has 0 bridgehead atoms. The zero-order valence-corrected chi connectivity index (χ0v) is 44.7. The van der Waals surface area contributed by atoms with Gasteiger partial charge < -0.3 is 60.5 Å². The van der Waals surface area contributed by atoms with Gasteiger partial charge in [0.25, 0.3) is 0 Å². The second-order valence-electron chi connectivity index (χ2n) is 16.9. The van der Waals surface area contributed by atoms with Crippen LogP contribution >= 0.6 is 15.8 Å². The number of hydrogen-bond donors (Lipinski definition) is 2. The largest absolute Gasteiger partial charge is 1.00 e. The van der Waals surface area contributed by atoms with Gasteiger partial charge >= 0.3 is 0 Å². The molecular formula is C44H88ClN2O10P2Tc+. The van der Waals surface area contributed by atoms with Crippen LogP contribution in [0.15, 0.2) is 32.6 Å². The smallest absolute Gasteiger partial charge is 0.131 e. The predicted molar refractivity (Wildman–Crippen MR) is 249 cm³/mol. The topological polar surface area (TPSA) is 139 Å². The van der Waals surface area contributed by atoms with Crippen molar-refractivity contribution in [3.05, 3.63) is 22.7 Å². The summed E-state index contributed by atoms with van der Waals surface area (Å²) in [5, 5.41) is 20.6. The average Bonchev–Trinajstić information content (AvgIpc) is 3.42. The second-order valence-corrected chi connectivity index (χ2v) is 22.9. The van der Waals surface area contributed by atoms with Gasteiger partial charge in [0.2, 0.25) is 0 Å². The summed E-state index contributed by atoms with van der Waals surface area (Å²) >= 11 is 0. The molecule has 0 saturated carbocycles. The van der Waals surface area contributed by atoms with Crippen molar-refractivity contribution in [1.29, 1.82) is 0 Å². The van der Waals surface area contributed by atoms with Gasteiger partial charge in [0, 0.05) is 180 Å². The Balaban J connectivity index is -0.000000841. The van der Waals surface area contributed by atoms with Crippen LogP contribution in [0, 0.1) is 0 Å². The van der Waals surface area contributed by atoms with Gasteiger partial charge in [-0.05, 0) is 55.4 Å². The molecule has 12 nitrogen and oxygen atoms in total. The molecule has 0 aromatic rings. The minimum absolute atomic E-state index is 0. The van der Waals surface area contributed by atoms with E-state index in [0.29, 0.717) is 24.2 Å². The summed E-state index contributed by atoms with van der Waals surface area (Å²) in [6, 6.07) is 0. The van der Waals surface area contributed by atoms with E-state index in [1.54, 1.807) is 55.1 Å². The Morgan fingerprint density at radius 2 is 0.667 bits per heavy atom. The molecule has 0 aromatic carbocycles. The summed E-state index contributed by atoms with van der Waals surface area (Å²) in [5.74, 6) is 0.439. The van der Waals surface area contributed by atoms with Crippen LogP contribution in [-0.2, 0) is 58.0 Å². The first-order chi connectivity index (χ1) is 27.4. The molecule has 0 fully saturated rings. The van der Waals surface area contributed by atoms with Gasteiger partial charge in [0.15, 0.2) is 0 Å². The van der Waals surface area contributed by atoms with Gasteiger partial charge in [-0.3, -0.25) is 9.98 Å². The first-order valence-corrected chi connectivity index (χ1v) is 25.5. The maximum Gasteiger partial charge on any atom is 0.131 e. The quantitative estimate of drug-likeness (QED) is 0.0558. The van der Waals surface area contributed by atoms with Gasteiger partial charge in [-0.15, -0.1) is 0 Å². The van der Waals surface area contributed by atoms with Crippen LogP contribution in [0.3, 0.4) is 0 Å². The van der Waals surface area contributed by atoms with E-state index >= 15 is 0 Å². The Kier molecular flexibility index (Phi) is 38.7. The van der Waals surface area contributed by atoms with Crippen LogP contribution in [0.1, 0.15) is 93.9 Å². The fraction of sp³-hybridized carbons (Fsp3) is 0.864. The second kappa shape index (κ2) is 36.2. The Hall–Kier alpha value is -0.101. The van der Waals surface area contributed by atoms with Crippen LogP contribution in [0.2, 0.25) is 0 Å². The third kappa shape index (κ3) is 27.3.